The molecule has 0 unspecified atom stereocenters. The van der Waals surface area contributed by atoms with Crippen molar-refractivity contribution in [2.75, 3.05) is 0 Å². The van der Waals surface area contributed by atoms with Gasteiger partial charge in [0.2, 0.25) is 0 Å². The summed E-state index contributed by atoms with van der Waals surface area (Å²) in [6.07, 6.45) is 1.65. The normalized spacial score (nSPS) is 10.5. The van der Waals surface area contributed by atoms with Crippen LogP contribution < -0.4 is 0 Å². The fourth-order valence-electron chi connectivity index (χ4n) is 1.68. The predicted octanol–water partition coefficient (Wildman–Crippen LogP) is 3.95. The van der Waals surface area contributed by atoms with E-state index in [-0.39, 0.29) is 0 Å². The Kier molecular flexibility index (Phi) is 3.92. The topological polar surface area (TPSA) is 28.7 Å². The van der Waals surface area contributed by atoms with Gasteiger partial charge in [-0.1, -0.05) is 42.9 Å². The van der Waals surface area contributed by atoms with E-state index in [1.165, 1.54) is 0 Å². The standard InChI is InChI=1S/C13H13ClN2S/c1-2-11-8-13(17)16-12(15-11)7-9-4-3-5-10(14)6-9/h3-6,8H,2,7H2,1H3,(H,15,16,17). The summed E-state index contributed by atoms with van der Waals surface area (Å²) in [6, 6.07) is 9.68. The highest BCUT2D eigenvalue weighted by molar-refractivity contribution is 7.71. The van der Waals surface area contributed by atoms with Crippen LogP contribution in [0.5, 0.6) is 0 Å². The minimum atomic E-state index is 0.637. The molecule has 0 spiro atoms. The van der Waals surface area contributed by atoms with Gasteiger partial charge in [-0.15, -0.1) is 0 Å². The van der Waals surface area contributed by atoms with E-state index >= 15 is 0 Å². The van der Waals surface area contributed by atoms with Crippen molar-refractivity contribution in [3.63, 3.8) is 0 Å². The second-order valence-corrected chi connectivity index (χ2v) is 4.71. The van der Waals surface area contributed by atoms with Crippen molar-refractivity contribution < 1.29 is 0 Å². The van der Waals surface area contributed by atoms with Gasteiger partial charge in [0.1, 0.15) is 10.5 Å². The molecular weight excluding hydrogens is 252 g/mol. The Balaban J connectivity index is 2.29. The molecule has 2 aromatic rings. The number of H-pyrrole nitrogens is 1. The maximum absolute atomic E-state index is 5.95. The Bertz CT molecular complexity index is 578. The molecule has 0 saturated carbocycles. The first-order valence-corrected chi connectivity index (χ1v) is 6.29. The minimum Gasteiger partial charge on any atom is -0.347 e. The van der Waals surface area contributed by atoms with Gasteiger partial charge >= 0.3 is 0 Å². The van der Waals surface area contributed by atoms with Crippen LogP contribution in [0.15, 0.2) is 30.3 Å². The van der Waals surface area contributed by atoms with Crippen LogP contribution in [0, 0.1) is 4.64 Å². The summed E-state index contributed by atoms with van der Waals surface area (Å²) in [5.74, 6) is 0.886. The molecule has 0 amide bonds. The van der Waals surface area contributed by atoms with E-state index in [0.29, 0.717) is 4.64 Å². The molecule has 2 rings (SSSR count). The molecule has 0 bridgehead atoms. The number of aromatic amines is 1. The van der Waals surface area contributed by atoms with E-state index in [2.05, 4.69) is 16.9 Å². The van der Waals surface area contributed by atoms with Gasteiger partial charge in [0.15, 0.2) is 0 Å². The lowest BCUT2D eigenvalue weighted by molar-refractivity contribution is 0.899. The fraction of sp³-hybridized carbons (Fsp3) is 0.231. The summed E-state index contributed by atoms with van der Waals surface area (Å²) in [4.78, 5) is 7.60. The summed E-state index contributed by atoms with van der Waals surface area (Å²) < 4.78 is 0.637. The highest BCUT2D eigenvalue weighted by atomic mass is 35.5. The molecule has 0 saturated heterocycles. The van der Waals surface area contributed by atoms with E-state index in [0.717, 1.165) is 34.9 Å². The van der Waals surface area contributed by atoms with E-state index in [1.807, 2.05) is 30.3 Å². The van der Waals surface area contributed by atoms with E-state index in [4.69, 9.17) is 23.8 Å². The number of nitrogens with zero attached hydrogens (tertiary/aromatic N) is 1. The molecule has 0 aliphatic carbocycles. The van der Waals surface area contributed by atoms with E-state index in [9.17, 15) is 0 Å². The third-order valence-electron chi connectivity index (χ3n) is 2.49. The summed E-state index contributed by atoms with van der Waals surface area (Å²) in [5, 5.41) is 0.743. The number of halogens is 1. The number of aromatic nitrogens is 2. The average molecular weight is 265 g/mol. The van der Waals surface area contributed by atoms with Crippen LogP contribution in [0.25, 0.3) is 0 Å². The molecule has 0 fully saturated rings. The number of nitrogens with one attached hydrogen (secondary N) is 1. The van der Waals surface area contributed by atoms with Gasteiger partial charge in [0, 0.05) is 17.1 Å². The number of hydrogen-bond acceptors (Lipinski definition) is 2. The molecule has 1 aromatic heterocycles. The number of hydrogen-bond donors (Lipinski definition) is 1. The molecule has 88 valence electrons. The Morgan fingerprint density at radius 3 is 2.88 bits per heavy atom. The van der Waals surface area contributed by atoms with Crippen LogP contribution in [0.3, 0.4) is 0 Å². The van der Waals surface area contributed by atoms with Gasteiger partial charge in [-0.25, -0.2) is 4.98 Å². The largest absolute Gasteiger partial charge is 0.347 e. The summed E-state index contributed by atoms with van der Waals surface area (Å²) in [7, 11) is 0. The summed E-state index contributed by atoms with van der Waals surface area (Å²) in [5.41, 5.74) is 2.24. The maximum Gasteiger partial charge on any atom is 0.130 e. The van der Waals surface area contributed by atoms with Gasteiger partial charge in [-0.3, -0.25) is 0 Å². The van der Waals surface area contributed by atoms with E-state index < -0.39 is 0 Å². The lowest BCUT2D eigenvalue weighted by Gasteiger charge is -2.04. The third-order valence-corrected chi connectivity index (χ3v) is 2.93. The van der Waals surface area contributed by atoms with Crippen LogP contribution in [-0.2, 0) is 12.8 Å². The van der Waals surface area contributed by atoms with Crippen LogP contribution in [0.4, 0.5) is 0 Å². The van der Waals surface area contributed by atoms with Crippen LogP contribution in [0.2, 0.25) is 5.02 Å². The SMILES string of the molecule is CCc1cc(=S)nc(Cc2cccc(Cl)c2)[nH]1. The second-order valence-electron chi connectivity index (χ2n) is 3.85. The zero-order chi connectivity index (χ0) is 12.3. The van der Waals surface area contributed by atoms with Crippen molar-refractivity contribution in [3.05, 3.63) is 57.1 Å². The van der Waals surface area contributed by atoms with Crippen molar-refractivity contribution in [1.29, 1.82) is 0 Å². The summed E-state index contributed by atoms with van der Waals surface area (Å²) >= 11 is 11.1. The van der Waals surface area contributed by atoms with Crippen molar-refractivity contribution in [2.24, 2.45) is 0 Å². The average Bonchev–Trinajstić information content (AvgIpc) is 2.28. The molecule has 0 atom stereocenters. The monoisotopic (exact) mass is 264 g/mol. The molecule has 0 aliphatic heterocycles. The minimum absolute atomic E-state index is 0.637. The van der Waals surface area contributed by atoms with Crippen molar-refractivity contribution >= 4 is 23.8 Å². The number of rotatable bonds is 3. The molecule has 0 aliphatic rings. The highest BCUT2D eigenvalue weighted by Gasteiger charge is 2.01. The van der Waals surface area contributed by atoms with Gasteiger partial charge in [-0.2, -0.15) is 0 Å². The Labute approximate surface area is 111 Å². The molecule has 1 aromatic carbocycles. The quantitative estimate of drug-likeness (QED) is 0.851. The molecule has 1 heterocycles. The molecule has 4 heteroatoms. The smallest absolute Gasteiger partial charge is 0.130 e. The molecule has 1 N–H and O–H groups in total. The molecular formula is C13H13ClN2S. The molecule has 17 heavy (non-hydrogen) atoms. The first-order chi connectivity index (χ1) is 8.17. The maximum atomic E-state index is 5.95. The van der Waals surface area contributed by atoms with Crippen LogP contribution in [-0.4, -0.2) is 9.97 Å². The second kappa shape index (κ2) is 5.43. The van der Waals surface area contributed by atoms with Crippen LogP contribution >= 0.6 is 23.8 Å². The van der Waals surface area contributed by atoms with Gasteiger partial charge < -0.3 is 4.98 Å². The lowest BCUT2D eigenvalue weighted by atomic mass is 10.1. The highest BCUT2D eigenvalue weighted by Crippen LogP contribution is 2.13. The van der Waals surface area contributed by atoms with Gasteiger partial charge in [0.25, 0.3) is 0 Å². The molecule has 0 radical (unpaired) electrons. The Morgan fingerprint density at radius 1 is 1.35 bits per heavy atom. The van der Waals surface area contributed by atoms with Gasteiger partial charge in [0.05, 0.1) is 0 Å². The zero-order valence-corrected chi connectivity index (χ0v) is 11.1. The van der Waals surface area contributed by atoms with Gasteiger partial charge in [-0.05, 0) is 30.2 Å². The zero-order valence-electron chi connectivity index (χ0n) is 9.53. The van der Waals surface area contributed by atoms with E-state index in [1.54, 1.807) is 0 Å². The third kappa shape index (κ3) is 3.38. The van der Waals surface area contributed by atoms with Crippen molar-refractivity contribution in [3.8, 4) is 0 Å². The predicted molar refractivity (Wildman–Crippen MR) is 73.1 cm³/mol. The number of benzene rings is 1. The van der Waals surface area contributed by atoms with Crippen molar-refractivity contribution in [1.82, 2.24) is 9.97 Å². The molecule has 2 nitrogen and oxygen atoms in total. The van der Waals surface area contributed by atoms with Crippen molar-refractivity contribution in [2.45, 2.75) is 19.8 Å². The number of aryl methyl sites for hydroxylation is 1. The first kappa shape index (κ1) is 12.3. The first-order valence-electron chi connectivity index (χ1n) is 5.51. The fourth-order valence-corrected chi connectivity index (χ4v) is 2.14. The summed E-state index contributed by atoms with van der Waals surface area (Å²) in [6.45, 7) is 2.09. The Hall–Kier alpha value is -1.19. The Morgan fingerprint density at radius 2 is 2.18 bits per heavy atom. The van der Waals surface area contributed by atoms with Crippen LogP contribution in [0.1, 0.15) is 24.0 Å². The lowest BCUT2D eigenvalue weighted by Crippen LogP contribution is -2.00.